The minimum atomic E-state index is -0.209. The monoisotopic (exact) mass is 353 g/mol. The molecule has 0 spiro atoms. The molecule has 1 N–H and O–H groups in total. The maximum atomic E-state index is 14.2. The van der Waals surface area contributed by atoms with Gasteiger partial charge in [0.1, 0.15) is 11.6 Å². The van der Waals surface area contributed by atoms with E-state index >= 15 is 0 Å². The van der Waals surface area contributed by atoms with E-state index in [1.807, 2.05) is 0 Å². The fourth-order valence-electron chi connectivity index (χ4n) is 4.33. The van der Waals surface area contributed by atoms with Gasteiger partial charge in [-0.05, 0) is 43.9 Å². The normalized spacial score (nSPS) is 29.6. The highest BCUT2D eigenvalue weighted by molar-refractivity contribution is 5.30. The van der Waals surface area contributed by atoms with Crippen molar-refractivity contribution in [2.24, 2.45) is 0 Å². The molecular weight excluding hydrogens is 325 g/mol. The Kier molecular flexibility index (Phi) is 5.94. The van der Waals surface area contributed by atoms with Crippen LogP contribution in [0.15, 0.2) is 18.2 Å². The van der Waals surface area contributed by atoms with Gasteiger partial charge in [-0.2, -0.15) is 0 Å². The average molecular weight is 353 g/mol. The molecule has 2 aliphatic rings. The fraction of sp³-hybridized carbons (Fsp3) is 0.684. The molecule has 1 aromatic carbocycles. The molecule has 0 radical (unpaired) electrons. The highest BCUT2D eigenvalue weighted by atomic mass is 19.1. The van der Waals surface area contributed by atoms with Crippen LogP contribution in [0.3, 0.4) is 0 Å². The molecule has 25 heavy (non-hydrogen) atoms. The van der Waals surface area contributed by atoms with E-state index in [-0.39, 0.29) is 30.2 Å². The second kappa shape index (κ2) is 7.99. The van der Waals surface area contributed by atoms with Crippen molar-refractivity contribution in [3.8, 4) is 5.75 Å². The van der Waals surface area contributed by atoms with Gasteiger partial charge < -0.3 is 19.3 Å². The second-order valence-corrected chi connectivity index (χ2v) is 6.95. The lowest BCUT2D eigenvalue weighted by atomic mass is 9.79. The Balaban J connectivity index is 1.75. The predicted molar refractivity (Wildman–Crippen MR) is 92.2 cm³/mol. The van der Waals surface area contributed by atoms with Crippen LogP contribution in [-0.2, 0) is 16.0 Å². The maximum absolute atomic E-state index is 14.2. The van der Waals surface area contributed by atoms with Crippen LogP contribution >= 0.6 is 0 Å². The summed E-state index contributed by atoms with van der Waals surface area (Å²) in [6.07, 6.45) is 3.79. The van der Waals surface area contributed by atoms with Crippen molar-refractivity contribution < 1.29 is 23.7 Å². The number of likely N-dealkylation sites (tertiary alicyclic amines) is 1. The van der Waals surface area contributed by atoms with Gasteiger partial charge in [-0.3, -0.25) is 4.90 Å². The van der Waals surface area contributed by atoms with Gasteiger partial charge in [0, 0.05) is 31.8 Å². The number of benzene rings is 1. The number of aliphatic hydroxyl groups is 1. The lowest BCUT2D eigenvalue weighted by Crippen LogP contribution is -2.51. The van der Waals surface area contributed by atoms with Crippen LogP contribution in [0.2, 0.25) is 0 Å². The number of ether oxygens (including phenoxy) is 3. The van der Waals surface area contributed by atoms with E-state index in [1.54, 1.807) is 26.4 Å². The number of rotatable bonds is 7. The molecule has 0 amide bonds. The number of methoxy groups -OCH3 is 2. The predicted octanol–water partition coefficient (Wildman–Crippen LogP) is 2.36. The Morgan fingerprint density at radius 2 is 2.16 bits per heavy atom. The summed E-state index contributed by atoms with van der Waals surface area (Å²) in [5.41, 5.74) is 0.471. The molecule has 140 valence electrons. The highest BCUT2D eigenvalue weighted by Gasteiger charge is 2.51. The zero-order valence-electron chi connectivity index (χ0n) is 15.0. The van der Waals surface area contributed by atoms with Crippen LogP contribution in [0.5, 0.6) is 5.75 Å². The van der Waals surface area contributed by atoms with E-state index in [2.05, 4.69) is 4.90 Å². The molecule has 0 bridgehead atoms. The first-order valence-corrected chi connectivity index (χ1v) is 8.96. The molecule has 1 aliphatic carbocycles. The van der Waals surface area contributed by atoms with Crippen LogP contribution in [0.4, 0.5) is 4.39 Å². The Morgan fingerprint density at radius 3 is 2.88 bits per heavy atom. The summed E-state index contributed by atoms with van der Waals surface area (Å²) in [7, 11) is 3.37. The highest BCUT2D eigenvalue weighted by Crippen LogP contribution is 2.43. The van der Waals surface area contributed by atoms with Gasteiger partial charge in [0.15, 0.2) is 0 Å². The summed E-state index contributed by atoms with van der Waals surface area (Å²) in [6.45, 7) is 1.81. The van der Waals surface area contributed by atoms with Crippen molar-refractivity contribution in [2.75, 3.05) is 34.0 Å². The molecule has 6 heteroatoms. The summed E-state index contributed by atoms with van der Waals surface area (Å²) in [4.78, 5) is 2.30. The lowest BCUT2D eigenvalue weighted by molar-refractivity contribution is -0.104. The average Bonchev–Trinajstić information content (AvgIpc) is 3.00. The van der Waals surface area contributed by atoms with Gasteiger partial charge in [-0.25, -0.2) is 4.39 Å². The first-order valence-electron chi connectivity index (χ1n) is 8.96. The van der Waals surface area contributed by atoms with E-state index in [9.17, 15) is 4.39 Å². The summed E-state index contributed by atoms with van der Waals surface area (Å²) >= 11 is 0. The zero-order chi connectivity index (χ0) is 17.9. The minimum absolute atomic E-state index is 0.0370. The second-order valence-electron chi connectivity index (χ2n) is 6.95. The number of hydrogen-bond donors (Lipinski definition) is 1. The third-order valence-corrected chi connectivity index (χ3v) is 5.72. The van der Waals surface area contributed by atoms with Crippen LogP contribution < -0.4 is 4.74 Å². The Morgan fingerprint density at radius 1 is 1.32 bits per heavy atom. The number of aliphatic hydroxyl groups excluding tert-OH is 1. The number of fused-ring (bicyclic) bond motifs is 1. The third-order valence-electron chi connectivity index (χ3n) is 5.72. The number of nitrogens with zero attached hydrogens (tertiary/aromatic N) is 1. The first-order chi connectivity index (χ1) is 12.1. The van der Waals surface area contributed by atoms with Crippen molar-refractivity contribution >= 4 is 0 Å². The number of hydrogen-bond acceptors (Lipinski definition) is 5. The Hall–Kier alpha value is -1.21. The molecule has 1 aliphatic heterocycles. The van der Waals surface area contributed by atoms with Gasteiger partial charge in [-0.15, -0.1) is 0 Å². The van der Waals surface area contributed by atoms with Crippen molar-refractivity contribution in [1.82, 2.24) is 4.90 Å². The molecule has 5 nitrogen and oxygen atoms in total. The molecule has 3 rings (SSSR count). The zero-order valence-corrected chi connectivity index (χ0v) is 15.0. The van der Waals surface area contributed by atoms with Crippen molar-refractivity contribution in [3.63, 3.8) is 0 Å². The van der Waals surface area contributed by atoms with Crippen LogP contribution in [-0.4, -0.2) is 61.7 Å². The SMILES string of the molecule is COc1ccc(F)c(CN2CC[C@]3(OC)CC[C@@H](OCCO)C[C@H]23)c1. The van der Waals surface area contributed by atoms with Gasteiger partial charge in [0.05, 0.1) is 32.0 Å². The summed E-state index contributed by atoms with van der Waals surface area (Å²) < 4.78 is 31.2. The standard InChI is InChI=1S/C19H28FNO4/c1-23-15-3-4-17(20)14(11-15)13-21-8-7-19(24-2)6-5-16(12-18(19)21)25-10-9-22/h3-4,11,16,18,22H,5-10,12-13H2,1-2H3/t16-,18+,19-/m1/s1. The maximum Gasteiger partial charge on any atom is 0.127 e. The van der Waals surface area contributed by atoms with Gasteiger partial charge in [-0.1, -0.05) is 0 Å². The van der Waals surface area contributed by atoms with Crippen LogP contribution in [0.1, 0.15) is 31.2 Å². The molecule has 1 heterocycles. The summed E-state index contributed by atoms with van der Waals surface area (Å²) in [5, 5.41) is 8.99. The quantitative estimate of drug-likeness (QED) is 0.816. The van der Waals surface area contributed by atoms with Gasteiger partial charge in [0.25, 0.3) is 0 Å². The fourth-order valence-corrected chi connectivity index (χ4v) is 4.33. The number of halogens is 1. The van der Waals surface area contributed by atoms with Gasteiger partial charge in [0.2, 0.25) is 0 Å². The van der Waals surface area contributed by atoms with E-state index in [4.69, 9.17) is 19.3 Å². The summed E-state index contributed by atoms with van der Waals surface area (Å²) in [5.74, 6) is 0.459. The summed E-state index contributed by atoms with van der Waals surface area (Å²) in [6, 6.07) is 5.06. The molecular formula is C19H28FNO4. The molecule has 0 aromatic heterocycles. The van der Waals surface area contributed by atoms with E-state index in [0.29, 0.717) is 24.5 Å². The largest absolute Gasteiger partial charge is 0.497 e. The van der Waals surface area contributed by atoms with E-state index < -0.39 is 0 Å². The smallest absolute Gasteiger partial charge is 0.127 e. The minimum Gasteiger partial charge on any atom is -0.497 e. The molecule has 0 unspecified atom stereocenters. The van der Waals surface area contributed by atoms with E-state index in [1.165, 1.54) is 6.07 Å². The molecule has 1 saturated carbocycles. The first kappa shape index (κ1) is 18.6. The topological polar surface area (TPSA) is 51.2 Å². The lowest BCUT2D eigenvalue weighted by Gasteiger charge is -2.43. The van der Waals surface area contributed by atoms with Crippen molar-refractivity contribution in [3.05, 3.63) is 29.6 Å². The molecule has 1 aromatic rings. The molecule has 2 fully saturated rings. The molecule has 3 atom stereocenters. The molecule has 1 saturated heterocycles. The van der Waals surface area contributed by atoms with Crippen molar-refractivity contribution in [1.29, 1.82) is 0 Å². The Bertz CT molecular complexity index is 585. The van der Waals surface area contributed by atoms with Crippen molar-refractivity contribution in [2.45, 2.75) is 50.0 Å². The third kappa shape index (κ3) is 3.82. The van der Waals surface area contributed by atoms with E-state index in [0.717, 1.165) is 32.2 Å². The van der Waals surface area contributed by atoms with Gasteiger partial charge >= 0.3 is 0 Å². The Labute approximate surface area is 148 Å². The van der Waals surface area contributed by atoms with Crippen LogP contribution in [0, 0.1) is 5.82 Å². The van der Waals surface area contributed by atoms with Crippen LogP contribution in [0.25, 0.3) is 0 Å².